The Bertz CT molecular complexity index is 27.6. The third kappa shape index (κ3) is 996. The molecule has 0 rings (SSSR count). The van der Waals surface area contributed by atoms with Crippen molar-refractivity contribution in [3.8, 4) is 0 Å². The van der Waals surface area contributed by atoms with Crippen LogP contribution in [0.15, 0.2) is 0 Å². The van der Waals surface area contributed by atoms with Gasteiger partial charge in [0, 0.05) is 0 Å². The first kappa shape index (κ1) is 47.5. The first-order valence-electron chi connectivity index (χ1n) is 3.21. The Labute approximate surface area is 112 Å². The van der Waals surface area contributed by atoms with Crippen LogP contribution >= 0.6 is 8.69 Å². The maximum Gasteiger partial charge on any atom is 2.00 e. The largest absolute Gasteiger partial charge is 2.00 e. The van der Waals surface area contributed by atoms with Gasteiger partial charge in [0.1, 0.15) is 0 Å². The zero-order valence-corrected chi connectivity index (χ0v) is 16.4. The zero-order valence-electron chi connectivity index (χ0n) is 9.55. The molecule has 0 saturated carbocycles. The fourth-order valence-corrected chi connectivity index (χ4v) is 0. The Kier molecular flexibility index (Phi) is 1380. The van der Waals surface area contributed by atoms with Crippen molar-refractivity contribution in [2.45, 2.75) is 27.7 Å². The Balaban J connectivity index is -0.00000000676. The second kappa shape index (κ2) is 379. The molecule has 0 heterocycles. The van der Waals surface area contributed by atoms with Gasteiger partial charge in [0.25, 0.3) is 0 Å². The second-order valence-electron chi connectivity index (χ2n) is 0.0816. The van der Waals surface area contributed by atoms with Gasteiger partial charge in [0.15, 0.2) is 0 Å². The SMILES string of the molecule is O=PO.[CH2-]C.[CH2-]C.[CH2-]C.[CH2-]C.[Zn+2].[Zn+2]. The van der Waals surface area contributed by atoms with Gasteiger partial charge in [0.05, 0.1) is 0 Å². The first-order chi connectivity index (χ1) is 5.41. The van der Waals surface area contributed by atoms with E-state index < -0.39 is 8.69 Å². The molecule has 0 radical (unpaired) electrons. The minimum atomic E-state index is -0.833. The fraction of sp³-hybridized carbons (Fsp3) is 0.500. The smallest absolute Gasteiger partial charge is 0.346 e. The normalized spacial score (nSPS) is 3.46. The van der Waals surface area contributed by atoms with Crippen molar-refractivity contribution in [3.63, 3.8) is 0 Å². The van der Waals surface area contributed by atoms with E-state index >= 15 is 0 Å². The summed E-state index contributed by atoms with van der Waals surface area (Å²) in [7, 11) is -0.833. The standard InChI is InChI=1S/4C2H5.HO2P.2Zn/c4*1-2;1-3-2;;/h4*1H2,2H3;(H,1,2);;/q4*-1;;2*+2. The fourth-order valence-electron chi connectivity index (χ4n) is 0. The van der Waals surface area contributed by atoms with Gasteiger partial charge in [-0.1, -0.05) is 0 Å². The van der Waals surface area contributed by atoms with E-state index in [9.17, 15) is 0 Å². The summed E-state index contributed by atoms with van der Waals surface area (Å²) in [6.07, 6.45) is 0. The van der Waals surface area contributed by atoms with E-state index in [0.29, 0.717) is 0 Å². The molecule has 0 aliphatic heterocycles. The van der Waals surface area contributed by atoms with Crippen LogP contribution in [0.1, 0.15) is 27.7 Å². The van der Waals surface area contributed by atoms with Crippen LogP contribution in [0, 0.1) is 27.7 Å². The number of rotatable bonds is 0. The van der Waals surface area contributed by atoms with Gasteiger partial charge in [0.2, 0.25) is 0 Å². The van der Waals surface area contributed by atoms with Crippen LogP contribution in [0.3, 0.4) is 0 Å². The molecule has 0 fully saturated rings. The van der Waals surface area contributed by atoms with Gasteiger partial charge in [-0.05, 0) is 0 Å². The van der Waals surface area contributed by atoms with Crippen LogP contribution < -0.4 is 0 Å². The molecule has 0 atom stereocenters. The van der Waals surface area contributed by atoms with Crippen molar-refractivity contribution in [2.24, 2.45) is 0 Å². The first-order valence-corrected chi connectivity index (χ1v) is 3.98. The van der Waals surface area contributed by atoms with Gasteiger partial charge in [-0.2, -0.15) is 27.7 Å². The van der Waals surface area contributed by atoms with E-state index in [1.54, 1.807) is 27.7 Å². The minimum Gasteiger partial charge on any atom is -0.346 e. The van der Waals surface area contributed by atoms with Gasteiger partial charge >= 0.3 is 47.6 Å². The van der Waals surface area contributed by atoms with Crippen molar-refractivity contribution in [3.05, 3.63) is 27.7 Å². The maximum absolute atomic E-state index is 8.46. The average Bonchev–Trinajstić information content (AvgIpc) is 2.18. The van der Waals surface area contributed by atoms with Crippen LogP contribution in [-0.4, -0.2) is 4.89 Å². The van der Waals surface area contributed by atoms with Crippen LogP contribution in [-0.2, 0) is 43.5 Å². The van der Waals surface area contributed by atoms with E-state index in [1.807, 2.05) is 0 Å². The second-order valence-corrected chi connectivity index (χ2v) is 0.245. The summed E-state index contributed by atoms with van der Waals surface area (Å²) in [4.78, 5) is 6.99. The molecule has 0 aromatic carbocycles. The topological polar surface area (TPSA) is 37.3 Å². The summed E-state index contributed by atoms with van der Waals surface area (Å²) in [5.41, 5.74) is 0. The maximum atomic E-state index is 8.46. The zero-order chi connectivity index (χ0) is 10.7. The van der Waals surface area contributed by atoms with E-state index in [4.69, 9.17) is 9.46 Å². The van der Waals surface area contributed by atoms with Gasteiger partial charge < -0.3 is 32.6 Å². The van der Waals surface area contributed by atoms with Crippen LogP contribution in [0.5, 0.6) is 0 Å². The molecule has 0 aromatic heterocycles. The van der Waals surface area contributed by atoms with Crippen molar-refractivity contribution < 1.29 is 48.4 Å². The molecular weight excluding hydrogens is 290 g/mol. The van der Waals surface area contributed by atoms with Gasteiger partial charge in [-0.3, -0.25) is 0 Å². The third-order valence-corrected chi connectivity index (χ3v) is 0. The molecular formula is C8H21O2PZn2. The van der Waals surface area contributed by atoms with Crippen molar-refractivity contribution >= 4 is 8.69 Å². The Hall–Kier alpha value is 1.31. The summed E-state index contributed by atoms with van der Waals surface area (Å²) >= 11 is 0. The number of hydrogen-bond donors (Lipinski definition) is 1. The van der Waals surface area contributed by atoms with Gasteiger partial charge in [-0.25, -0.2) is 4.57 Å². The van der Waals surface area contributed by atoms with Gasteiger partial charge in [-0.15, -0.1) is 0 Å². The molecule has 0 aliphatic rings. The average molecular weight is 311 g/mol. The molecule has 0 aliphatic carbocycles. The molecule has 74 valence electrons. The molecule has 2 nitrogen and oxygen atoms in total. The Morgan fingerprint density at radius 2 is 0.769 bits per heavy atom. The van der Waals surface area contributed by atoms with Crippen molar-refractivity contribution in [1.29, 1.82) is 0 Å². The predicted octanol–water partition coefficient (Wildman–Crippen LogP) is 3.54. The molecule has 0 saturated heterocycles. The van der Waals surface area contributed by atoms with Crippen molar-refractivity contribution in [2.75, 3.05) is 0 Å². The summed E-state index contributed by atoms with van der Waals surface area (Å²) in [6, 6.07) is 0. The summed E-state index contributed by atoms with van der Waals surface area (Å²) < 4.78 is 8.46. The monoisotopic (exact) mass is 308 g/mol. The summed E-state index contributed by atoms with van der Waals surface area (Å²) in [5, 5.41) is 0. The third-order valence-electron chi connectivity index (χ3n) is 0. The molecule has 0 spiro atoms. The molecule has 13 heavy (non-hydrogen) atoms. The van der Waals surface area contributed by atoms with Crippen LogP contribution in [0.4, 0.5) is 0 Å². The van der Waals surface area contributed by atoms with E-state index in [1.165, 1.54) is 0 Å². The molecule has 1 N–H and O–H groups in total. The van der Waals surface area contributed by atoms with Crippen molar-refractivity contribution in [1.82, 2.24) is 0 Å². The summed E-state index contributed by atoms with van der Waals surface area (Å²) in [5.74, 6) is 0. The van der Waals surface area contributed by atoms with E-state index in [2.05, 4.69) is 27.7 Å². The van der Waals surface area contributed by atoms with Crippen LogP contribution in [0.25, 0.3) is 0 Å². The molecule has 0 amide bonds. The Morgan fingerprint density at radius 3 is 0.769 bits per heavy atom. The summed E-state index contributed by atoms with van der Waals surface area (Å²) in [6.45, 7) is 20.0. The van der Waals surface area contributed by atoms with E-state index in [-0.39, 0.29) is 39.0 Å². The molecule has 0 unspecified atom stereocenters. The Morgan fingerprint density at radius 1 is 0.769 bits per heavy atom. The van der Waals surface area contributed by atoms with E-state index in [0.717, 1.165) is 0 Å². The molecule has 0 aromatic rings. The van der Waals surface area contributed by atoms with Crippen LogP contribution in [0.2, 0.25) is 0 Å². The predicted molar refractivity (Wildman–Crippen MR) is 53.9 cm³/mol. The quantitative estimate of drug-likeness (QED) is 0.422. The molecule has 0 bridgehead atoms. The number of hydrogen-bond acceptors (Lipinski definition) is 1. The molecule has 5 heteroatoms. The minimum absolute atomic E-state index is 0.